The fourth-order valence-electron chi connectivity index (χ4n) is 2.29. The van der Waals surface area contributed by atoms with Crippen LogP contribution < -0.4 is 4.72 Å². The van der Waals surface area contributed by atoms with Crippen LogP contribution in [0.5, 0.6) is 0 Å². The molecule has 22 heavy (non-hydrogen) atoms. The summed E-state index contributed by atoms with van der Waals surface area (Å²) in [7, 11) is -3.46. The Kier molecular flexibility index (Phi) is 4.33. The number of aromatic amines is 1. The minimum atomic E-state index is -3.46. The molecule has 0 radical (unpaired) electrons. The van der Waals surface area contributed by atoms with E-state index in [0.717, 1.165) is 20.9 Å². The second kappa shape index (κ2) is 6.24. The summed E-state index contributed by atoms with van der Waals surface area (Å²) in [6.45, 7) is 0.369. The van der Waals surface area contributed by atoms with Crippen LogP contribution in [0.25, 0.3) is 10.9 Å². The lowest BCUT2D eigenvalue weighted by Gasteiger charge is -2.07. The van der Waals surface area contributed by atoms with Crippen molar-refractivity contribution in [2.45, 2.75) is 11.3 Å². The highest BCUT2D eigenvalue weighted by Gasteiger charge is 2.12. The van der Waals surface area contributed by atoms with Crippen LogP contribution in [-0.2, 0) is 16.4 Å². The van der Waals surface area contributed by atoms with Gasteiger partial charge < -0.3 is 4.98 Å². The number of benzene rings is 2. The molecular formula is C16H15BrN2O2S. The summed E-state index contributed by atoms with van der Waals surface area (Å²) in [5.74, 6) is 0. The Morgan fingerprint density at radius 3 is 2.59 bits per heavy atom. The molecule has 0 atom stereocenters. The third-order valence-electron chi connectivity index (χ3n) is 3.45. The molecule has 0 saturated carbocycles. The van der Waals surface area contributed by atoms with Crippen molar-refractivity contribution >= 4 is 36.9 Å². The molecule has 2 N–H and O–H groups in total. The number of fused-ring (bicyclic) bond motifs is 1. The van der Waals surface area contributed by atoms with Crippen LogP contribution in [0.4, 0.5) is 0 Å². The summed E-state index contributed by atoms with van der Waals surface area (Å²) in [5, 5.41) is 1.13. The van der Waals surface area contributed by atoms with E-state index >= 15 is 0 Å². The number of hydrogen-bond donors (Lipinski definition) is 2. The first-order valence-corrected chi connectivity index (χ1v) is 9.13. The fraction of sp³-hybridized carbons (Fsp3) is 0.125. The van der Waals surface area contributed by atoms with Crippen molar-refractivity contribution in [3.8, 4) is 0 Å². The topological polar surface area (TPSA) is 62.0 Å². The van der Waals surface area contributed by atoms with Gasteiger partial charge in [0.15, 0.2) is 0 Å². The lowest BCUT2D eigenvalue weighted by atomic mass is 10.1. The van der Waals surface area contributed by atoms with E-state index < -0.39 is 10.0 Å². The quantitative estimate of drug-likeness (QED) is 0.713. The zero-order valence-electron chi connectivity index (χ0n) is 11.7. The third kappa shape index (κ3) is 3.40. The smallest absolute Gasteiger partial charge is 0.240 e. The zero-order valence-corrected chi connectivity index (χ0v) is 14.1. The van der Waals surface area contributed by atoms with E-state index in [4.69, 9.17) is 0 Å². The largest absolute Gasteiger partial charge is 0.361 e. The van der Waals surface area contributed by atoms with Gasteiger partial charge in [-0.1, -0.05) is 22.0 Å². The second-order valence-corrected chi connectivity index (χ2v) is 7.68. The van der Waals surface area contributed by atoms with Gasteiger partial charge in [0.25, 0.3) is 0 Å². The molecular weight excluding hydrogens is 364 g/mol. The Bertz CT molecular complexity index is 886. The molecule has 0 spiro atoms. The maximum Gasteiger partial charge on any atom is 0.240 e. The summed E-state index contributed by atoms with van der Waals surface area (Å²) in [5.41, 5.74) is 2.18. The molecule has 3 aromatic rings. The van der Waals surface area contributed by atoms with E-state index in [0.29, 0.717) is 13.0 Å². The number of rotatable bonds is 5. The van der Waals surface area contributed by atoms with E-state index in [1.807, 2.05) is 24.4 Å². The maximum absolute atomic E-state index is 12.2. The molecule has 0 saturated heterocycles. The van der Waals surface area contributed by atoms with Crippen molar-refractivity contribution in [1.29, 1.82) is 0 Å². The molecule has 1 aromatic heterocycles. The average Bonchev–Trinajstić information content (AvgIpc) is 2.95. The predicted octanol–water partition coefficient (Wildman–Crippen LogP) is 3.45. The Balaban J connectivity index is 1.65. The van der Waals surface area contributed by atoms with Gasteiger partial charge in [0, 0.05) is 22.7 Å². The molecule has 0 amide bonds. The Morgan fingerprint density at radius 2 is 1.82 bits per heavy atom. The van der Waals surface area contributed by atoms with Crippen molar-refractivity contribution < 1.29 is 8.42 Å². The molecule has 0 aliphatic rings. The SMILES string of the molecule is O=S(=O)(NCCc1ccc2[nH]ccc2c1)c1ccc(Br)cc1. The number of halogens is 1. The highest BCUT2D eigenvalue weighted by atomic mass is 79.9. The van der Waals surface area contributed by atoms with Crippen molar-refractivity contribution in [3.63, 3.8) is 0 Å². The third-order valence-corrected chi connectivity index (χ3v) is 5.45. The summed E-state index contributed by atoms with van der Waals surface area (Å²) < 4.78 is 27.8. The molecule has 0 fully saturated rings. The van der Waals surface area contributed by atoms with Crippen LogP contribution in [0.2, 0.25) is 0 Å². The highest BCUT2D eigenvalue weighted by Crippen LogP contribution is 2.16. The van der Waals surface area contributed by atoms with Gasteiger partial charge in [-0.3, -0.25) is 0 Å². The predicted molar refractivity (Wildman–Crippen MR) is 91.3 cm³/mol. The maximum atomic E-state index is 12.2. The van der Waals surface area contributed by atoms with Gasteiger partial charge in [0.1, 0.15) is 0 Å². The molecule has 1 heterocycles. The second-order valence-electron chi connectivity index (χ2n) is 5.00. The van der Waals surface area contributed by atoms with Crippen molar-refractivity contribution in [2.75, 3.05) is 6.54 Å². The average molecular weight is 379 g/mol. The standard InChI is InChI=1S/C16H15BrN2O2S/c17-14-2-4-15(5-3-14)22(20,21)19-10-7-12-1-6-16-13(11-12)8-9-18-16/h1-6,8-9,11,18-19H,7,10H2. The van der Waals surface area contributed by atoms with E-state index in [9.17, 15) is 8.42 Å². The van der Waals surface area contributed by atoms with Gasteiger partial charge >= 0.3 is 0 Å². The van der Waals surface area contributed by atoms with Crippen LogP contribution in [-0.4, -0.2) is 19.9 Å². The van der Waals surface area contributed by atoms with Gasteiger partial charge in [0.2, 0.25) is 10.0 Å². The van der Waals surface area contributed by atoms with Gasteiger partial charge in [-0.2, -0.15) is 0 Å². The molecule has 114 valence electrons. The Labute approximate surface area is 137 Å². The first-order valence-electron chi connectivity index (χ1n) is 6.86. The summed E-state index contributed by atoms with van der Waals surface area (Å²) in [6, 6.07) is 14.7. The number of aromatic nitrogens is 1. The van der Waals surface area contributed by atoms with Gasteiger partial charge in [-0.05, 0) is 59.8 Å². The summed E-state index contributed by atoms with van der Waals surface area (Å²) in [4.78, 5) is 3.41. The van der Waals surface area contributed by atoms with Crippen LogP contribution >= 0.6 is 15.9 Å². The van der Waals surface area contributed by atoms with Crippen molar-refractivity contribution in [1.82, 2.24) is 9.71 Å². The highest BCUT2D eigenvalue weighted by molar-refractivity contribution is 9.10. The Morgan fingerprint density at radius 1 is 1.05 bits per heavy atom. The molecule has 3 rings (SSSR count). The van der Waals surface area contributed by atoms with Crippen molar-refractivity contribution in [2.24, 2.45) is 0 Å². The van der Waals surface area contributed by atoms with Crippen molar-refractivity contribution in [3.05, 3.63) is 64.8 Å². The lowest BCUT2D eigenvalue weighted by Crippen LogP contribution is -2.25. The van der Waals surface area contributed by atoms with E-state index in [-0.39, 0.29) is 4.90 Å². The molecule has 0 unspecified atom stereocenters. The lowest BCUT2D eigenvalue weighted by molar-refractivity contribution is 0.581. The summed E-state index contributed by atoms with van der Waals surface area (Å²) in [6.07, 6.45) is 2.54. The summed E-state index contributed by atoms with van der Waals surface area (Å²) >= 11 is 3.29. The minimum absolute atomic E-state index is 0.275. The number of hydrogen-bond acceptors (Lipinski definition) is 2. The molecule has 0 bridgehead atoms. The zero-order chi connectivity index (χ0) is 15.6. The van der Waals surface area contributed by atoms with Crippen LogP contribution in [0.3, 0.4) is 0 Å². The van der Waals surface area contributed by atoms with Gasteiger partial charge in [-0.15, -0.1) is 0 Å². The number of H-pyrrole nitrogens is 1. The monoisotopic (exact) mass is 378 g/mol. The van der Waals surface area contributed by atoms with Crippen LogP contribution in [0.1, 0.15) is 5.56 Å². The molecule has 6 heteroatoms. The minimum Gasteiger partial charge on any atom is -0.361 e. The Hall–Kier alpha value is -1.63. The normalized spacial score (nSPS) is 11.9. The van der Waals surface area contributed by atoms with E-state index in [2.05, 4.69) is 31.7 Å². The molecule has 2 aromatic carbocycles. The van der Waals surface area contributed by atoms with E-state index in [1.165, 1.54) is 0 Å². The number of sulfonamides is 1. The van der Waals surface area contributed by atoms with E-state index in [1.54, 1.807) is 24.3 Å². The molecule has 0 aliphatic carbocycles. The molecule has 4 nitrogen and oxygen atoms in total. The number of nitrogens with one attached hydrogen (secondary N) is 2. The first kappa shape index (κ1) is 15.3. The van der Waals surface area contributed by atoms with Gasteiger partial charge in [-0.25, -0.2) is 13.1 Å². The van der Waals surface area contributed by atoms with Crippen LogP contribution in [0, 0.1) is 0 Å². The first-order chi connectivity index (χ1) is 10.5. The molecule has 0 aliphatic heterocycles. The van der Waals surface area contributed by atoms with Gasteiger partial charge in [0.05, 0.1) is 4.90 Å². The fourth-order valence-corrected chi connectivity index (χ4v) is 3.58. The van der Waals surface area contributed by atoms with Crippen LogP contribution in [0.15, 0.2) is 64.1 Å².